The van der Waals surface area contributed by atoms with Crippen molar-refractivity contribution in [1.82, 2.24) is 0 Å². The van der Waals surface area contributed by atoms with Crippen molar-refractivity contribution in [2.45, 2.75) is 13.0 Å². The number of hydrogen-bond acceptors (Lipinski definition) is 3. The molecule has 13 heavy (non-hydrogen) atoms. The van der Waals surface area contributed by atoms with E-state index in [0.29, 0.717) is 13.0 Å². The molecule has 70 valence electrons. The molecule has 2 nitrogen and oxygen atoms in total. The van der Waals surface area contributed by atoms with Gasteiger partial charge in [-0.3, -0.25) is 0 Å². The lowest BCUT2D eigenvalue weighted by atomic mass is 10.3. The summed E-state index contributed by atoms with van der Waals surface area (Å²) in [6, 6.07) is 2.01. The zero-order valence-electron chi connectivity index (χ0n) is 7.54. The monoisotopic (exact) mass is 196 g/mol. The average molecular weight is 196 g/mol. The second kappa shape index (κ2) is 5.76. The van der Waals surface area contributed by atoms with Crippen LogP contribution in [0.2, 0.25) is 0 Å². The Hall–Kier alpha value is -0.820. The van der Waals surface area contributed by atoms with Crippen molar-refractivity contribution in [3.05, 3.63) is 21.9 Å². The molecule has 0 amide bonds. The van der Waals surface area contributed by atoms with Crippen LogP contribution in [0.15, 0.2) is 11.4 Å². The molecule has 0 atom stereocenters. The van der Waals surface area contributed by atoms with Crippen LogP contribution in [0, 0.1) is 11.8 Å². The first-order valence-corrected chi connectivity index (χ1v) is 4.91. The van der Waals surface area contributed by atoms with E-state index in [1.807, 2.05) is 11.4 Å². The molecule has 3 heteroatoms. The zero-order valence-corrected chi connectivity index (χ0v) is 8.36. The van der Waals surface area contributed by atoms with Crippen molar-refractivity contribution in [1.29, 1.82) is 0 Å². The van der Waals surface area contributed by atoms with Gasteiger partial charge in [0.1, 0.15) is 0 Å². The molecule has 0 aromatic carbocycles. The smallest absolute Gasteiger partial charge is 0.0806 e. The summed E-state index contributed by atoms with van der Waals surface area (Å²) < 4.78 is 4.99. The standard InChI is InChI=1S/C10H12O2S/c1-12-7-10-6-9(8-13-10)4-2-3-5-11/h6,8,11H,3,5,7H2,1H3. The molecule has 0 fully saturated rings. The molecule has 0 saturated heterocycles. The third-order valence-electron chi connectivity index (χ3n) is 1.41. The van der Waals surface area contributed by atoms with Gasteiger partial charge in [-0.2, -0.15) is 0 Å². The Labute approximate surface area is 82.2 Å². The van der Waals surface area contributed by atoms with Crippen LogP contribution in [0.5, 0.6) is 0 Å². The summed E-state index contributed by atoms with van der Waals surface area (Å²) in [4.78, 5) is 1.18. The first kappa shape index (κ1) is 10.3. The minimum Gasteiger partial charge on any atom is -0.395 e. The largest absolute Gasteiger partial charge is 0.395 e. The van der Waals surface area contributed by atoms with Gasteiger partial charge in [-0.25, -0.2) is 0 Å². The lowest BCUT2D eigenvalue weighted by Crippen LogP contribution is -1.80. The molecule has 0 aliphatic rings. The highest BCUT2D eigenvalue weighted by atomic mass is 32.1. The Bertz CT molecular complexity index is 306. The number of methoxy groups -OCH3 is 1. The van der Waals surface area contributed by atoms with E-state index in [0.717, 1.165) is 5.56 Å². The van der Waals surface area contributed by atoms with E-state index in [1.165, 1.54) is 4.88 Å². The minimum absolute atomic E-state index is 0.127. The van der Waals surface area contributed by atoms with Crippen LogP contribution in [0.25, 0.3) is 0 Å². The fourth-order valence-electron chi connectivity index (χ4n) is 0.885. The van der Waals surface area contributed by atoms with Crippen LogP contribution >= 0.6 is 11.3 Å². The highest BCUT2D eigenvalue weighted by Crippen LogP contribution is 2.14. The Morgan fingerprint density at radius 3 is 3.15 bits per heavy atom. The van der Waals surface area contributed by atoms with Gasteiger partial charge in [0, 0.05) is 29.4 Å². The molecular weight excluding hydrogens is 184 g/mol. The number of hydrogen-bond donors (Lipinski definition) is 1. The van der Waals surface area contributed by atoms with Crippen molar-refractivity contribution in [3.8, 4) is 11.8 Å². The van der Waals surface area contributed by atoms with Gasteiger partial charge < -0.3 is 9.84 Å². The van der Waals surface area contributed by atoms with Gasteiger partial charge >= 0.3 is 0 Å². The third-order valence-corrected chi connectivity index (χ3v) is 2.32. The maximum atomic E-state index is 8.51. The van der Waals surface area contributed by atoms with Crippen molar-refractivity contribution < 1.29 is 9.84 Å². The van der Waals surface area contributed by atoms with Crippen molar-refractivity contribution in [3.63, 3.8) is 0 Å². The summed E-state index contributed by atoms with van der Waals surface area (Å²) in [5, 5.41) is 10.5. The summed E-state index contributed by atoms with van der Waals surface area (Å²) in [5.74, 6) is 5.84. The normalized spacial score (nSPS) is 9.38. The van der Waals surface area contributed by atoms with Gasteiger partial charge in [-0.1, -0.05) is 11.8 Å². The fraction of sp³-hybridized carbons (Fsp3) is 0.400. The summed E-state index contributed by atoms with van der Waals surface area (Å²) in [6.45, 7) is 0.772. The molecule has 0 unspecified atom stereocenters. The molecule has 1 heterocycles. The predicted octanol–water partition coefficient (Wildman–Crippen LogP) is 1.63. The highest BCUT2D eigenvalue weighted by molar-refractivity contribution is 7.10. The zero-order chi connectivity index (χ0) is 9.52. The minimum atomic E-state index is 0.127. The molecule has 0 bridgehead atoms. The molecule has 1 aromatic rings. The molecule has 0 radical (unpaired) electrons. The number of aliphatic hydroxyl groups is 1. The summed E-state index contributed by atoms with van der Waals surface area (Å²) in [5.41, 5.74) is 1.01. The van der Waals surface area contributed by atoms with Gasteiger partial charge in [0.15, 0.2) is 0 Å². The highest BCUT2D eigenvalue weighted by Gasteiger charge is 1.95. The summed E-state index contributed by atoms with van der Waals surface area (Å²) in [7, 11) is 1.68. The Morgan fingerprint density at radius 1 is 1.62 bits per heavy atom. The van der Waals surface area contributed by atoms with Gasteiger partial charge in [0.2, 0.25) is 0 Å². The van der Waals surface area contributed by atoms with E-state index in [9.17, 15) is 0 Å². The maximum Gasteiger partial charge on any atom is 0.0806 e. The van der Waals surface area contributed by atoms with Gasteiger partial charge in [0.25, 0.3) is 0 Å². The molecule has 0 saturated carbocycles. The van der Waals surface area contributed by atoms with E-state index in [4.69, 9.17) is 9.84 Å². The fourth-order valence-corrected chi connectivity index (χ4v) is 1.67. The van der Waals surface area contributed by atoms with Gasteiger partial charge in [0.05, 0.1) is 13.2 Å². The van der Waals surface area contributed by atoms with Crippen LogP contribution < -0.4 is 0 Å². The lowest BCUT2D eigenvalue weighted by Gasteiger charge is -1.89. The summed E-state index contributed by atoms with van der Waals surface area (Å²) in [6.07, 6.45) is 0.537. The predicted molar refractivity (Wildman–Crippen MR) is 53.6 cm³/mol. The third kappa shape index (κ3) is 3.60. The topological polar surface area (TPSA) is 29.5 Å². The van der Waals surface area contributed by atoms with E-state index >= 15 is 0 Å². The molecular formula is C10H12O2S. The Balaban J connectivity index is 2.54. The van der Waals surface area contributed by atoms with Gasteiger partial charge in [-0.15, -0.1) is 11.3 Å². The molecule has 1 N–H and O–H groups in total. The SMILES string of the molecule is COCc1cc(C#CCCO)cs1. The quantitative estimate of drug-likeness (QED) is 0.744. The van der Waals surface area contributed by atoms with Crippen LogP contribution in [0.4, 0.5) is 0 Å². The van der Waals surface area contributed by atoms with Crippen molar-refractivity contribution in [2.24, 2.45) is 0 Å². The number of thiophene rings is 1. The first-order valence-electron chi connectivity index (χ1n) is 4.03. The summed E-state index contributed by atoms with van der Waals surface area (Å²) >= 11 is 1.64. The molecule has 0 aliphatic heterocycles. The number of rotatable bonds is 3. The second-order valence-corrected chi connectivity index (χ2v) is 3.51. The molecule has 1 aromatic heterocycles. The van der Waals surface area contributed by atoms with E-state index in [1.54, 1.807) is 18.4 Å². The Kier molecular flexibility index (Phi) is 4.55. The second-order valence-electron chi connectivity index (χ2n) is 2.51. The van der Waals surface area contributed by atoms with E-state index in [-0.39, 0.29) is 6.61 Å². The first-order chi connectivity index (χ1) is 6.36. The van der Waals surface area contributed by atoms with Crippen LogP contribution in [0.3, 0.4) is 0 Å². The Morgan fingerprint density at radius 2 is 2.46 bits per heavy atom. The van der Waals surface area contributed by atoms with E-state index in [2.05, 4.69) is 11.8 Å². The van der Waals surface area contributed by atoms with Crippen molar-refractivity contribution >= 4 is 11.3 Å². The molecule has 0 spiro atoms. The van der Waals surface area contributed by atoms with Crippen LogP contribution in [-0.4, -0.2) is 18.8 Å². The molecule has 1 rings (SSSR count). The number of ether oxygens (including phenoxy) is 1. The van der Waals surface area contributed by atoms with E-state index < -0.39 is 0 Å². The van der Waals surface area contributed by atoms with Crippen LogP contribution in [-0.2, 0) is 11.3 Å². The van der Waals surface area contributed by atoms with Crippen molar-refractivity contribution in [2.75, 3.05) is 13.7 Å². The average Bonchev–Trinajstić information content (AvgIpc) is 2.54. The van der Waals surface area contributed by atoms with Crippen LogP contribution in [0.1, 0.15) is 16.9 Å². The maximum absolute atomic E-state index is 8.51. The lowest BCUT2D eigenvalue weighted by molar-refractivity contribution is 0.187. The number of aliphatic hydroxyl groups excluding tert-OH is 1. The molecule has 0 aliphatic carbocycles. The van der Waals surface area contributed by atoms with Gasteiger partial charge in [-0.05, 0) is 6.07 Å².